The second-order valence-corrected chi connectivity index (χ2v) is 20.7. The molecule has 0 unspecified atom stereocenters. The third kappa shape index (κ3) is 13.1. The highest BCUT2D eigenvalue weighted by Crippen LogP contribution is 2.55. The molecule has 0 saturated carbocycles. The van der Waals surface area contributed by atoms with Gasteiger partial charge in [0.05, 0.1) is 73.8 Å². The number of hydrogen-bond donors (Lipinski definition) is 0. The number of alkyl halides is 14. The molecule has 0 atom stereocenters. The molecule has 0 radical (unpaired) electrons. The molecule has 1 aliphatic rings. The molecule has 434 valence electrons. The summed E-state index contributed by atoms with van der Waals surface area (Å²) in [7, 11) is -0.991. The lowest BCUT2D eigenvalue weighted by atomic mass is 9.72. The van der Waals surface area contributed by atoms with Crippen LogP contribution in [0.1, 0.15) is 95.6 Å². The van der Waals surface area contributed by atoms with Crippen molar-refractivity contribution in [2.24, 2.45) is 0 Å². The summed E-state index contributed by atoms with van der Waals surface area (Å²) in [5.41, 5.74) is -13.1. The summed E-state index contributed by atoms with van der Waals surface area (Å²) in [5, 5.41) is 8.80. The number of benzene rings is 4. The van der Waals surface area contributed by atoms with Crippen molar-refractivity contribution in [3.8, 4) is 22.5 Å². The van der Waals surface area contributed by atoms with Crippen molar-refractivity contribution in [3.63, 3.8) is 0 Å². The normalized spacial score (nSPS) is 14.7. The highest BCUT2D eigenvalue weighted by molar-refractivity contribution is 9.10. The average molecular weight is 1250 g/mol. The van der Waals surface area contributed by atoms with E-state index in [0.29, 0.717) is 52.7 Å². The zero-order valence-electron chi connectivity index (χ0n) is 43.7. The smallest absolute Gasteiger partial charge is 0.462 e. The first-order valence-electron chi connectivity index (χ1n) is 23.5. The summed E-state index contributed by atoms with van der Waals surface area (Å²) in [4.78, 5) is 23.8. The zero-order valence-corrected chi connectivity index (χ0v) is 46.8. The lowest BCUT2D eigenvalue weighted by Crippen LogP contribution is -2.51. The number of nitrogens with zero attached hydrogens (tertiary/aromatic N) is 4. The minimum atomic E-state index is -6.21. The molecule has 2 aromatic heterocycles. The molecule has 1 aliphatic heterocycles. The van der Waals surface area contributed by atoms with Crippen LogP contribution < -0.4 is 5.46 Å². The lowest BCUT2D eigenvalue weighted by molar-refractivity contribution is -0.349. The van der Waals surface area contributed by atoms with E-state index in [4.69, 9.17) is 42.0 Å². The van der Waals surface area contributed by atoms with Crippen LogP contribution in [0.3, 0.4) is 0 Å². The molecule has 4 aromatic carbocycles. The van der Waals surface area contributed by atoms with Gasteiger partial charge >= 0.3 is 55.1 Å². The van der Waals surface area contributed by atoms with Gasteiger partial charge in [0.2, 0.25) is 0 Å². The van der Waals surface area contributed by atoms with Gasteiger partial charge in [-0.1, -0.05) is 58.6 Å². The maximum atomic E-state index is 14.5. The third-order valence-electron chi connectivity index (χ3n) is 12.8. The quantitative estimate of drug-likeness (QED) is 0.0758. The predicted octanol–water partition coefficient (Wildman–Crippen LogP) is 15.6. The van der Waals surface area contributed by atoms with Gasteiger partial charge in [-0.25, -0.2) is 27.7 Å². The van der Waals surface area contributed by atoms with E-state index in [0.717, 1.165) is 10.2 Å². The van der Waals surface area contributed by atoms with E-state index in [1.165, 1.54) is 56.9 Å². The van der Waals surface area contributed by atoms with Crippen LogP contribution in [-0.2, 0) is 30.1 Å². The molecule has 28 heteroatoms. The van der Waals surface area contributed by atoms with Gasteiger partial charge in [-0.05, 0) is 144 Å². The number of ether oxygens (including phenoxy) is 2. The van der Waals surface area contributed by atoms with Gasteiger partial charge in [0, 0.05) is 29.1 Å². The van der Waals surface area contributed by atoms with Crippen LogP contribution in [0.15, 0.2) is 89.9 Å². The first-order chi connectivity index (χ1) is 36.6. The zero-order chi connectivity index (χ0) is 60.7. The molecule has 1 fully saturated rings. The number of rotatable bonds is 10. The van der Waals surface area contributed by atoms with Gasteiger partial charge in [0.25, 0.3) is 0 Å². The van der Waals surface area contributed by atoms with E-state index in [-0.39, 0.29) is 50.5 Å². The monoisotopic (exact) mass is 1250 g/mol. The number of aryl methyl sites for hydroxylation is 4. The van der Waals surface area contributed by atoms with Crippen LogP contribution in [0.4, 0.5) is 61.5 Å². The molecule has 80 heavy (non-hydrogen) atoms. The molecule has 0 bridgehead atoms. The van der Waals surface area contributed by atoms with Crippen LogP contribution in [0, 0.1) is 27.7 Å². The summed E-state index contributed by atoms with van der Waals surface area (Å²) >= 11 is 15.3. The Labute approximate surface area is 467 Å². The van der Waals surface area contributed by atoms with E-state index in [1.54, 1.807) is 82.9 Å². The molecule has 0 amide bonds. The SMILES string of the molecule is CCOC(=O)c1cc(-n2cc(-c3c(C)cc(C(F)(C(F)(F)F)C(F)(F)F)cc3C)cn2)ccc1Cl.CCOC(=O)c1cc(-n2cc(Br)cn2)ccc1Cl.Cc1cc(C(F)(C(F)(F)F)C(F)(F)F)cc(C)c1B1OC(C)(C)C(C)(C)O1. The first-order valence-corrected chi connectivity index (χ1v) is 25.1. The molecule has 10 nitrogen and oxygen atoms in total. The van der Waals surface area contributed by atoms with Crippen LogP contribution >= 0.6 is 39.1 Å². The molecular weight excluding hydrogens is 1200 g/mol. The summed E-state index contributed by atoms with van der Waals surface area (Å²) in [6.45, 7) is 16.0. The number of carbonyl (C=O) groups excluding carboxylic acids is 2. The maximum Gasteiger partial charge on any atom is 0.495 e. The maximum absolute atomic E-state index is 14.5. The molecule has 6 aromatic rings. The van der Waals surface area contributed by atoms with Crippen LogP contribution in [0.25, 0.3) is 22.5 Å². The van der Waals surface area contributed by atoms with Crippen molar-refractivity contribution in [2.75, 3.05) is 13.2 Å². The van der Waals surface area contributed by atoms with E-state index in [1.807, 2.05) is 0 Å². The van der Waals surface area contributed by atoms with Gasteiger partial charge in [-0.2, -0.15) is 62.9 Å². The Balaban J connectivity index is 0.000000232. The summed E-state index contributed by atoms with van der Waals surface area (Å²) in [6, 6.07) is 11.7. The molecule has 0 spiro atoms. The standard InChI is InChI=1S/C23H18ClF7N2O2.C17H20BF7O2.C12H10BrClN2O2/c1-4-35-20(34)17-9-16(5-6-18(17)24)33-11-14(10-32-33)19-12(2)7-15(8-13(19)3)21(25,22(26,27)28)23(29,30)31;1-9-7-11(15(19,16(20,21)22)17(23,24)25)8-10(2)12(9)18-26-13(3,4)14(5,6)27-18;1-2-18-12(17)10-5-9(3-4-11(10)14)16-7-8(13)6-15-16/h5-11H,4H2,1-3H3;7-8H,1-6H3;3-7H,2H2,1H3. The van der Waals surface area contributed by atoms with Crippen molar-refractivity contribution >= 4 is 63.7 Å². The fourth-order valence-corrected chi connectivity index (χ4v) is 8.85. The largest absolute Gasteiger partial charge is 0.495 e. The topological polar surface area (TPSA) is 107 Å². The Bertz CT molecular complexity index is 3160. The number of carbonyl (C=O) groups is 2. The molecule has 0 N–H and O–H groups in total. The van der Waals surface area contributed by atoms with Gasteiger partial charge in [-0.3, -0.25) is 0 Å². The highest BCUT2D eigenvalue weighted by Gasteiger charge is 2.74. The first kappa shape index (κ1) is 65.1. The van der Waals surface area contributed by atoms with E-state index in [2.05, 4.69) is 26.1 Å². The minimum Gasteiger partial charge on any atom is -0.462 e. The van der Waals surface area contributed by atoms with Crippen molar-refractivity contribution in [1.29, 1.82) is 0 Å². The van der Waals surface area contributed by atoms with Crippen molar-refractivity contribution in [2.45, 2.75) is 116 Å². The predicted molar refractivity (Wildman–Crippen MR) is 273 cm³/mol. The second kappa shape index (κ2) is 23.6. The molecule has 3 heterocycles. The fourth-order valence-electron chi connectivity index (χ4n) is 8.18. The number of aromatic nitrogens is 4. The average Bonchev–Trinajstić information content (AvgIpc) is 4.04. The Morgan fingerprint density at radius 2 is 0.925 bits per heavy atom. The Morgan fingerprint density at radius 3 is 1.26 bits per heavy atom. The molecule has 0 aliphatic carbocycles. The number of halogens is 17. The van der Waals surface area contributed by atoms with Crippen LogP contribution in [-0.4, -0.2) is 87.7 Å². The molecule has 1 saturated heterocycles. The second-order valence-electron chi connectivity index (χ2n) is 19.0. The minimum absolute atomic E-state index is 0.0130. The Kier molecular flexibility index (Phi) is 19.2. The summed E-state index contributed by atoms with van der Waals surface area (Å²) in [6.07, 6.45) is -18.5. The van der Waals surface area contributed by atoms with Crippen LogP contribution in [0.5, 0.6) is 0 Å². The lowest BCUT2D eigenvalue weighted by Gasteiger charge is -2.32. The van der Waals surface area contributed by atoms with Gasteiger partial charge in [-0.15, -0.1) is 0 Å². The Hall–Kier alpha value is -5.70. The van der Waals surface area contributed by atoms with Crippen molar-refractivity contribution in [1.82, 2.24) is 19.6 Å². The molecule has 7 rings (SSSR count). The Morgan fingerprint density at radius 1 is 0.575 bits per heavy atom. The molecular formula is C52H48BBrCl2F14N4O6. The third-order valence-corrected chi connectivity index (χ3v) is 13.9. The van der Waals surface area contributed by atoms with Crippen LogP contribution in [0.2, 0.25) is 10.0 Å². The van der Waals surface area contributed by atoms with Gasteiger partial charge < -0.3 is 18.8 Å². The van der Waals surface area contributed by atoms with Gasteiger partial charge in [0.1, 0.15) is 0 Å². The van der Waals surface area contributed by atoms with E-state index >= 15 is 0 Å². The summed E-state index contributed by atoms with van der Waals surface area (Å²) in [5.74, 6) is -1.09. The number of esters is 2. The number of hydrogen-bond acceptors (Lipinski definition) is 8. The summed E-state index contributed by atoms with van der Waals surface area (Å²) < 4.78 is 211. The van der Waals surface area contributed by atoms with E-state index < -0.39 is 77.4 Å². The fraction of sp³-hybridized carbons (Fsp3) is 0.385. The highest BCUT2D eigenvalue weighted by atomic mass is 79.9. The van der Waals surface area contributed by atoms with E-state index in [9.17, 15) is 71.1 Å². The van der Waals surface area contributed by atoms with Gasteiger partial charge in [0.15, 0.2) is 0 Å². The van der Waals surface area contributed by atoms with Crippen molar-refractivity contribution < 1.29 is 89.8 Å². The van der Waals surface area contributed by atoms with Crippen molar-refractivity contribution in [3.05, 3.63) is 144 Å².